The lowest BCUT2D eigenvalue weighted by atomic mass is 10.1. The summed E-state index contributed by atoms with van der Waals surface area (Å²) in [6.45, 7) is 2.00. The summed E-state index contributed by atoms with van der Waals surface area (Å²) >= 11 is 0. The molecule has 1 heterocycles. The normalized spacial score (nSPS) is 11.8. The summed E-state index contributed by atoms with van der Waals surface area (Å²) in [6, 6.07) is 6.78. The summed E-state index contributed by atoms with van der Waals surface area (Å²) in [6.07, 6.45) is 1.52. The number of amides is 1. The van der Waals surface area contributed by atoms with Crippen molar-refractivity contribution in [2.24, 2.45) is 0 Å². The van der Waals surface area contributed by atoms with Crippen molar-refractivity contribution in [3.05, 3.63) is 41.7 Å². The number of hydrogen-bond donors (Lipinski definition) is 3. The fraction of sp³-hybridized carbons (Fsp3) is 0.333. The number of aliphatic hydroxyl groups excluding tert-OH is 1. The number of aromatic nitrogens is 2. The predicted molar refractivity (Wildman–Crippen MR) is 80.0 cm³/mol. The Balaban J connectivity index is 2.09. The average Bonchev–Trinajstić information content (AvgIpc) is 3.07. The van der Waals surface area contributed by atoms with Crippen LogP contribution in [0.5, 0.6) is 11.5 Å². The summed E-state index contributed by atoms with van der Waals surface area (Å²) in [5.74, 6) is 0.866. The Labute approximate surface area is 128 Å². The molecular formula is C15H19N3O4. The van der Waals surface area contributed by atoms with Gasteiger partial charge in [0.2, 0.25) is 0 Å². The third-order valence-corrected chi connectivity index (χ3v) is 3.13. The number of H-pyrrole nitrogens is 1. The second kappa shape index (κ2) is 7.46. The standard InChI is InChI=1S/C15H19N3O4/c1-10(17-15(20)12-5-6-16-18-12)11-3-4-13(22-8-7-19)14(9-11)21-2/h3-6,9-10,19H,7-8H2,1-2H3,(H,16,18)(H,17,20)/t10-/m0/s1. The van der Waals surface area contributed by atoms with Gasteiger partial charge in [0.05, 0.1) is 19.8 Å². The molecule has 22 heavy (non-hydrogen) atoms. The van der Waals surface area contributed by atoms with Crippen molar-refractivity contribution in [2.45, 2.75) is 13.0 Å². The number of carbonyl (C=O) groups is 1. The molecule has 0 saturated heterocycles. The maximum Gasteiger partial charge on any atom is 0.269 e. The Morgan fingerprint density at radius 1 is 1.41 bits per heavy atom. The van der Waals surface area contributed by atoms with Gasteiger partial charge >= 0.3 is 0 Å². The number of nitrogens with one attached hydrogen (secondary N) is 2. The van der Waals surface area contributed by atoms with Crippen LogP contribution in [0.3, 0.4) is 0 Å². The summed E-state index contributed by atoms with van der Waals surface area (Å²) in [7, 11) is 1.54. The van der Waals surface area contributed by atoms with E-state index in [0.29, 0.717) is 17.2 Å². The minimum Gasteiger partial charge on any atom is -0.493 e. The van der Waals surface area contributed by atoms with Gasteiger partial charge in [-0.15, -0.1) is 0 Å². The number of hydrogen-bond acceptors (Lipinski definition) is 5. The highest BCUT2D eigenvalue weighted by Crippen LogP contribution is 2.30. The van der Waals surface area contributed by atoms with Crippen LogP contribution >= 0.6 is 0 Å². The van der Waals surface area contributed by atoms with Gasteiger partial charge < -0.3 is 19.9 Å². The molecule has 1 amide bonds. The second-order valence-corrected chi connectivity index (χ2v) is 4.65. The van der Waals surface area contributed by atoms with Crippen molar-refractivity contribution in [2.75, 3.05) is 20.3 Å². The maximum atomic E-state index is 12.0. The zero-order valence-corrected chi connectivity index (χ0v) is 12.5. The molecule has 0 fully saturated rings. The summed E-state index contributed by atoms with van der Waals surface area (Å²) in [5, 5.41) is 18.0. The van der Waals surface area contributed by atoms with Gasteiger partial charge in [-0.3, -0.25) is 9.89 Å². The first kappa shape index (κ1) is 15.8. The Bertz CT molecular complexity index is 613. The summed E-state index contributed by atoms with van der Waals surface area (Å²) in [4.78, 5) is 12.0. The number of benzene rings is 1. The van der Waals surface area contributed by atoms with E-state index in [4.69, 9.17) is 14.6 Å². The van der Waals surface area contributed by atoms with Crippen LogP contribution in [0.25, 0.3) is 0 Å². The van der Waals surface area contributed by atoms with Gasteiger partial charge in [-0.05, 0) is 30.7 Å². The quantitative estimate of drug-likeness (QED) is 0.716. The smallest absolute Gasteiger partial charge is 0.269 e. The Kier molecular flexibility index (Phi) is 5.37. The van der Waals surface area contributed by atoms with Gasteiger partial charge in [-0.25, -0.2) is 0 Å². The van der Waals surface area contributed by atoms with Gasteiger partial charge in [-0.2, -0.15) is 5.10 Å². The van der Waals surface area contributed by atoms with Gasteiger partial charge in [0.1, 0.15) is 12.3 Å². The molecule has 0 radical (unpaired) electrons. The van der Waals surface area contributed by atoms with Crippen molar-refractivity contribution in [1.29, 1.82) is 0 Å². The fourth-order valence-electron chi connectivity index (χ4n) is 1.97. The van der Waals surface area contributed by atoms with Crippen LogP contribution in [-0.4, -0.2) is 41.5 Å². The molecule has 118 valence electrons. The maximum absolute atomic E-state index is 12.0. The van der Waals surface area contributed by atoms with Crippen LogP contribution in [0.1, 0.15) is 29.0 Å². The largest absolute Gasteiger partial charge is 0.493 e. The van der Waals surface area contributed by atoms with Crippen LogP contribution < -0.4 is 14.8 Å². The van der Waals surface area contributed by atoms with E-state index in [1.807, 2.05) is 13.0 Å². The molecule has 0 unspecified atom stereocenters. The molecule has 0 bridgehead atoms. The van der Waals surface area contributed by atoms with Crippen LogP contribution in [-0.2, 0) is 0 Å². The number of methoxy groups -OCH3 is 1. The van der Waals surface area contributed by atoms with Crippen molar-refractivity contribution >= 4 is 5.91 Å². The predicted octanol–water partition coefficient (Wildman–Crippen LogP) is 1.28. The third-order valence-electron chi connectivity index (χ3n) is 3.13. The van der Waals surface area contributed by atoms with Crippen LogP contribution in [0.15, 0.2) is 30.5 Å². The number of carbonyl (C=O) groups excluding carboxylic acids is 1. The molecule has 0 aliphatic carbocycles. The summed E-state index contributed by atoms with van der Waals surface area (Å²) in [5.41, 5.74) is 1.28. The molecule has 2 rings (SSSR count). The van der Waals surface area contributed by atoms with Crippen molar-refractivity contribution in [1.82, 2.24) is 15.5 Å². The molecule has 0 aliphatic heterocycles. The first-order valence-electron chi connectivity index (χ1n) is 6.87. The number of ether oxygens (including phenoxy) is 2. The van der Waals surface area contributed by atoms with E-state index < -0.39 is 0 Å². The van der Waals surface area contributed by atoms with E-state index in [2.05, 4.69) is 15.5 Å². The molecule has 2 aromatic rings. The van der Waals surface area contributed by atoms with E-state index in [-0.39, 0.29) is 25.2 Å². The van der Waals surface area contributed by atoms with Crippen molar-refractivity contribution in [3.8, 4) is 11.5 Å². The molecule has 0 saturated carbocycles. The Morgan fingerprint density at radius 2 is 2.23 bits per heavy atom. The van der Waals surface area contributed by atoms with Crippen LogP contribution in [0, 0.1) is 0 Å². The highest BCUT2D eigenvalue weighted by molar-refractivity contribution is 5.92. The zero-order valence-electron chi connectivity index (χ0n) is 12.5. The lowest BCUT2D eigenvalue weighted by molar-refractivity contribution is 0.0934. The minimum absolute atomic E-state index is 0.0679. The highest BCUT2D eigenvalue weighted by atomic mass is 16.5. The first-order chi connectivity index (χ1) is 10.7. The first-order valence-corrected chi connectivity index (χ1v) is 6.87. The molecule has 7 heteroatoms. The van der Waals surface area contributed by atoms with Crippen molar-refractivity contribution in [3.63, 3.8) is 0 Å². The molecule has 7 nitrogen and oxygen atoms in total. The second-order valence-electron chi connectivity index (χ2n) is 4.65. The minimum atomic E-state index is -0.232. The molecule has 1 atom stereocenters. The number of aliphatic hydroxyl groups is 1. The number of nitrogens with zero attached hydrogens (tertiary/aromatic N) is 1. The lowest BCUT2D eigenvalue weighted by Crippen LogP contribution is -2.27. The van der Waals surface area contributed by atoms with Gasteiger partial charge in [0, 0.05) is 6.20 Å². The lowest BCUT2D eigenvalue weighted by Gasteiger charge is -2.16. The Hall–Kier alpha value is -2.54. The molecule has 3 N–H and O–H groups in total. The number of rotatable bonds is 7. The van der Waals surface area contributed by atoms with Gasteiger partial charge in [0.15, 0.2) is 11.5 Å². The summed E-state index contributed by atoms with van der Waals surface area (Å²) < 4.78 is 10.7. The van der Waals surface area contributed by atoms with E-state index in [9.17, 15) is 4.79 Å². The average molecular weight is 305 g/mol. The number of aromatic amines is 1. The Morgan fingerprint density at radius 3 is 2.86 bits per heavy atom. The molecule has 1 aromatic carbocycles. The van der Waals surface area contributed by atoms with E-state index in [0.717, 1.165) is 5.56 Å². The third kappa shape index (κ3) is 3.76. The van der Waals surface area contributed by atoms with Gasteiger partial charge in [-0.1, -0.05) is 6.07 Å². The highest BCUT2D eigenvalue weighted by Gasteiger charge is 2.14. The molecule has 0 spiro atoms. The SMILES string of the molecule is COc1cc([C@H](C)NC(=O)c2ccn[nH]2)ccc1OCCO. The van der Waals surface area contributed by atoms with Gasteiger partial charge in [0.25, 0.3) is 5.91 Å². The van der Waals surface area contributed by atoms with Crippen molar-refractivity contribution < 1.29 is 19.4 Å². The zero-order chi connectivity index (χ0) is 15.9. The fourth-order valence-corrected chi connectivity index (χ4v) is 1.97. The molecule has 0 aliphatic rings. The topological polar surface area (TPSA) is 96.5 Å². The molecule has 1 aromatic heterocycles. The molecular weight excluding hydrogens is 286 g/mol. The van der Waals surface area contributed by atoms with E-state index >= 15 is 0 Å². The van der Waals surface area contributed by atoms with E-state index in [1.54, 1.807) is 25.3 Å². The van der Waals surface area contributed by atoms with E-state index in [1.165, 1.54) is 6.20 Å². The monoisotopic (exact) mass is 305 g/mol. The van der Waals surface area contributed by atoms with Crippen LogP contribution in [0.4, 0.5) is 0 Å². The van der Waals surface area contributed by atoms with Crippen LogP contribution in [0.2, 0.25) is 0 Å².